The maximum absolute atomic E-state index is 12.6. The Morgan fingerprint density at radius 3 is 2.40 bits per heavy atom. The van der Waals surface area contributed by atoms with Gasteiger partial charge in [0, 0.05) is 31.7 Å². The molecule has 0 saturated carbocycles. The summed E-state index contributed by atoms with van der Waals surface area (Å²) in [5.74, 6) is 0.00715. The fourth-order valence-corrected chi connectivity index (χ4v) is 2.32. The van der Waals surface area contributed by atoms with Gasteiger partial charge in [-0.25, -0.2) is 0 Å². The van der Waals surface area contributed by atoms with Crippen LogP contribution in [0.2, 0.25) is 0 Å². The molecular formula is C15H22BrNO3. The highest BCUT2D eigenvalue weighted by Crippen LogP contribution is 2.12. The van der Waals surface area contributed by atoms with Gasteiger partial charge in [-0.15, -0.1) is 0 Å². The molecule has 20 heavy (non-hydrogen) atoms. The second-order valence-corrected chi connectivity index (χ2v) is 5.19. The largest absolute Gasteiger partial charge is 0.383 e. The van der Waals surface area contributed by atoms with Gasteiger partial charge >= 0.3 is 0 Å². The van der Waals surface area contributed by atoms with Crippen LogP contribution in [-0.2, 0) is 14.8 Å². The van der Waals surface area contributed by atoms with Gasteiger partial charge in [0.1, 0.15) is 0 Å². The molecule has 0 spiro atoms. The van der Waals surface area contributed by atoms with Gasteiger partial charge in [0.05, 0.1) is 19.3 Å². The molecule has 1 atom stereocenters. The Kier molecular flexibility index (Phi) is 7.80. The number of nitrogens with zero attached hydrogens (tertiary/aromatic N) is 1. The number of hydrogen-bond donors (Lipinski definition) is 0. The number of rotatable bonds is 8. The van der Waals surface area contributed by atoms with E-state index in [0.717, 1.165) is 10.9 Å². The molecule has 5 heteroatoms. The van der Waals surface area contributed by atoms with Crippen molar-refractivity contribution in [3.63, 3.8) is 0 Å². The standard InChI is InChI=1S/C15H22BrNO3/c1-12(11-20-3)17(8-9-19-2)15(18)14-6-4-13(10-16)5-7-14/h4-7,12H,8-11H2,1-3H3. The van der Waals surface area contributed by atoms with E-state index in [4.69, 9.17) is 9.47 Å². The van der Waals surface area contributed by atoms with Crippen molar-refractivity contribution in [2.24, 2.45) is 0 Å². The van der Waals surface area contributed by atoms with Crippen LogP contribution >= 0.6 is 15.9 Å². The number of methoxy groups -OCH3 is 2. The van der Waals surface area contributed by atoms with Gasteiger partial charge in [0.25, 0.3) is 5.91 Å². The van der Waals surface area contributed by atoms with E-state index in [-0.39, 0.29) is 11.9 Å². The number of amides is 1. The minimum absolute atomic E-state index is 0.00715. The highest BCUT2D eigenvalue weighted by atomic mass is 79.9. The Morgan fingerprint density at radius 2 is 1.90 bits per heavy atom. The average Bonchev–Trinajstić information content (AvgIpc) is 2.48. The van der Waals surface area contributed by atoms with Crippen molar-refractivity contribution < 1.29 is 14.3 Å². The van der Waals surface area contributed by atoms with Crippen molar-refractivity contribution in [3.05, 3.63) is 35.4 Å². The van der Waals surface area contributed by atoms with E-state index < -0.39 is 0 Å². The zero-order valence-corrected chi connectivity index (χ0v) is 13.9. The molecule has 0 heterocycles. The number of halogens is 1. The molecule has 1 unspecified atom stereocenters. The van der Waals surface area contributed by atoms with E-state index in [9.17, 15) is 4.79 Å². The molecule has 1 aromatic rings. The fraction of sp³-hybridized carbons (Fsp3) is 0.533. The van der Waals surface area contributed by atoms with E-state index in [2.05, 4.69) is 15.9 Å². The first-order valence-corrected chi connectivity index (χ1v) is 7.70. The van der Waals surface area contributed by atoms with Crippen molar-refractivity contribution >= 4 is 21.8 Å². The summed E-state index contributed by atoms with van der Waals surface area (Å²) in [6.45, 7) is 3.55. The van der Waals surface area contributed by atoms with Gasteiger partial charge in [-0.3, -0.25) is 4.79 Å². The third kappa shape index (κ3) is 4.89. The Labute approximate surface area is 129 Å². The predicted molar refractivity (Wildman–Crippen MR) is 83.3 cm³/mol. The fourth-order valence-electron chi connectivity index (χ4n) is 1.95. The lowest BCUT2D eigenvalue weighted by molar-refractivity contribution is 0.0479. The maximum atomic E-state index is 12.6. The van der Waals surface area contributed by atoms with Gasteiger partial charge < -0.3 is 14.4 Å². The van der Waals surface area contributed by atoms with Gasteiger partial charge in [-0.2, -0.15) is 0 Å². The number of ether oxygens (including phenoxy) is 2. The summed E-state index contributed by atoms with van der Waals surface area (Å²) < 4.78 is 10.2. The second-order valence-electron chi connectivity index (χ2n) is 4.63. The number of benzene rings is 1. The lowest BCUT2D eigenvalue weighted by Crippen LogP contribution is -2.43. The highest BCUT2D eigenvalue weighted by molar-refractivity contribution is 9.08. The zero-order valence-electron chi connectivity index (χ0n) is 12.3. The number of alkyl halides is 1. The predicted octanol–water partition coefficient (Wildman–Crippen LogP) is 2.71. The van der Waals surface area contributed by atoms with E-state index >= 15 is 0 Å². The third-order valence-electron chi connectivity index (χ3n) is 3.09. The normalized spacial score (nSPS) is 12.2. The van der Waals surface area contributed by atoms with E-state index in [1.807, 2.05) is 31.2 Å². The molecule has 0 fully saturated rings. The number of carbonyl (C=O) groups is 1. The molecule has 0 aliphatic heterocycles. The summed E-state index contributed by atoms with van der Waals surface area (Å²) in [6.07, 6.45) is 0. The Morgan fingerprint density at radius 1 is 1.25 bits per heavy atom. The van der Waals surface area contributed by atoms with Crippen LogP contribution in [0.4, 0.5) is 0 Å². The van der Waals surface area contributed by atoms with Crippen LogP contribution in [0.5, 0.6) is 0 Å². The van der Waals surface area contributed by atoms with Gasteiger partial charge in [-0.05, 0) is 24.6 Å². The third-order valence-corrected chi connectivity index (χ3v) is 3.74. The van der Waals surface area contributed by atoms with Gasteiger partial charge in [0.15, 0.2) is 0 Å². The van der Waals surface area contributed by atoms with Crippen molar-refractivity contribution in [1.29, 1.82) is 0 Å². The molecule has 0 aliphatic carbocycles. The Balaban J connectivity index is 2.84. The zero-order chi connectivity index (χ0) is 15.0. The van der Waals surface area contributed by atoms with Crippen molar-refractivity contribution in [2.75, 3.05) is 34.0 Å². The molecule has 0 aliphatic rings. The van der Waals surface area contributed by atoms with Crippen LogP contribution in [0.3, 0.4) is 0 Å². The van der Waals surface area contributed by atoms with Gasteiger partial charge in [0.2, 0.25) is 0 Å². The molecule has 1 aromatic carbocycles. The molecule has 1 amide bonds. The van der Waals surface area contributed by atoms with Crippen LogP contribution in [0, 0.1) is 0 Å². The van der Waals surface area contributed by atoms with Crippen LogP contribution in [0.1, 0.15) is 22.8 Å². The highest BCUT2D eigenvalue weighted by Gasteiger charge is 2.21. The molecule has 0 aromatic heterocycles. The summed E-state index contributed by atoms with van der Waals surface area (Å²) in [7, 11) is 3.27. The number of carbonyl (C=O) groups excluding carboxylic acids is 1. The van der Waals surface area contributed by atoms with Crippen LogP contribution in [0.25, 0.3) is 0 Å². The first-order valence-electron chi connectivity index (χ1n) is 6.57. The van der Waals surface area contributed by atoms with Crippen molar-refractivity contribution in [3.8, 4) is 0 Å². The van der Waals surface area contributed by atoms with E-state index in [1.165, 1.54) is 0 Å². The minimum atomic E-state index is 0.00715. The van der Waals surface area contributed by atoms with Crippen LogP contribution < -0.4 is 0 Å². The SMILES string of the molecule is COCCN(C(=O)c1ccc(CBr)cc1)C(C)COC. The molecule has 1 rings (SSSR count). The Bertz CT molecular complexity index is 408. The molecule has 0 bridgehead atoms. The average molecular weight is 344 g/mol. The Hall–Kier alpha value is -0.910. The lowest BCUT2D eigenvalue weighted by Gasteiger charge is -2.28. The molecule has 0 N–H and O–H groups in total. The quantitative estimate of drug-likeness (QED) is 0.681. The smallest absolute Gasteiger partial charge is 0.254 e. The number of hydrogen-bond acceptors (Lipinski definition) is 3. The summed E-state index contributed by atoms with van der Waals surface area (Å²) >= 11 is 3.40. The minimum Gasteiger partial charge on any atom is -0.383 e. The van der Waals surface area contributed by atoms with E-state index in [1.54, 1.807) is 19.1 Å². The molecule has 4 nitrogen and oxygen atoms in total. The second kappa shape index (κ2) is 9.10. The first kappa shape index (κ1) is 17.1. The molecule has 0 saturated heterocycles. The maximum Gasteiger partial charge on any atom is 0.254 e. The lowest BCUT2D eigenvalue weighted by atomic mass is 10.1. The summed E-state index contributed by atoms with van der Waals surface area (Å²) in [6, 6.07) is 7.64. The summed E-state index contributed by atoms with van der Waals surface area (Å²) in [4.78, 5) is 14.4. The van der Waals surface area contributed by atoms with Gasteiger partial charge in [-0.1, -0.05) is 28.1 Å². The summed E-state index contributed by atoms with van der Waals surface area (Å²) in [5, 5.41) is 0.787. The molecular weight excluding hydrogens is 322 g/mol. The van der Waals surface area contributed by atoms with Crippen LogP contribution in [0.15, 0.2) is 24.3 Å². The summed E-state index contributed by atoms with van der Waals surface area (Å²) in [5.41, 5.74) is 1.84. The molecule has 112 valence electrons. The molecule has 0 radical (unpaired) electrons. The van der Waals surface area contributed by atoms with Crippen molar-refractivity contribution in [2.45, 2.75) is 18.3 Å². The van der Waals surface area contributed by atoms with Crippen molar-refractivity contribution in [1.82, 2.24) is 4.90 Å². The monoisotopic (exact) mass is 343 g/mol. The van der Waals surface area contributed by atoms with E-state index in [0.29, 0.717) is 25.3 Å². The van der Waals surface area contributed by atoms with Crippen LogP contribution in [-0.4, -0.2) is 50.8 Å². The first-order chi connectivity index (χ1) is 9.63. The topological polar surface area (TPSA) is 38.8 Å².